The lowest BCUT2D eigenvalue weighted by Gasteiger charge is -2.26. The number of hydrogen-bond acceptors (Lipinski definition) is 5. The molecule has 2 aromatic rings. The van der Waals surface area contributed by atoms with Crippen molar-refractivity contribution in [3.8, 4) is 0 Å². The van der Waals surface area contributed by atoms with Crippen LogP contribution in [0.15, 0.2) is 41.0 Å². The first kappa shape index (κ1) is 19.9. The van der Waals surface area contributed by atoms with E-state index in [1.54, 1.807) is 12.1 Å². The van der Waals surface area contributed by atoms with Crippen LogP contribution < -0.4 is 10.2 Å². The fraction of sp³-hybridized carbons (Fsp3) is 0.429. The van der Waals surface area contributed by atoms with E-state index in [1.807, 2.05) is 42.1 Å². The molecule has 0 saturated heterocycles. The zero-order valence-corrected chi connectivity index (χ0v) is 16.6. The van der Waals surface area contributed by atoms with E-state index in [1.165, 1.54) is 13.4 Å². The summed E-state index contributed by atoms with van der Waals surface area (Å²) in [4.78, 5) is 28.6. The van der Waals surface area contributed by atoms with Crippen molar-refractivity contribution in [2.75, 3.05) is 44.6 Å². The molecule has 150 valence electrons. The molecule has 0 bridgehead atoms. The first-order chi connectivity index (χ1) is 13.5. The number of nitrogens with zero attached hydrogens (tertiary/aromatic N) is 2. The second-order valence-electron chi connectivity index (χ2n) is 7.32. The number of anilines is 2. The van der Waals surface area contributed by atoms with E-state index < -0.39 is 0 Å². The number of benzene rings is 1. The van der Waals surface area contributed by atoms with Gasteiger partial charge in [0.05, 0.1) is 6.26 Å². The fourth-order valence-electron chi connectivity index (χ4n) is 3.11. The number of nitrogens with one attached hydrogen (secondary N) is 1. The number of carbonyl (C=O) groups is 2. The van der Waals surface area contributed by atoms with Gasteiger partial charge in [0.25, 0.3) is 5.91 Å². The summed E-state index contributed by atoms with van der Waals surface area (Å²) >= 11 is 0. The van der Waals surface area contributed by atoms with E-state index in [2.05, 4.69) is 5.32 Å². The van der Waals surface area contributed by atoms with E-state index in [9.17, 15) is 9.59 Å². The minimum absolute atomic E-state index is 0.0240. The molecule has 1 aromatic carbocycles. The minimum Gasteiger partial charge on any atom is -0.459 e. The lowest BCUT2D eigenvalue weighted by Crippen LogP contribution is -2.35. The largest absolute Gasteiger partial charge is 0.459 e. The van der Waals surface area contributed by atoms with E-state index in [4.69, 9.17) is 9.15 Å². The summed E-state index contributed by atoms with van der Waals surface area (Å²) < 4.78 is 10.2. The van der Waals surface area contributed by atoms with E-state index in [-0.39, 0.29) is 24.2 Å². The molecule has 0 atom stereocenters. The average molecular weight is 385 g/mol. The maximum absolute atomic E-state index is 12.5. The maximum Gasteiger partial charge on any atom is 0.291 e. The fourth-order valence-corrected chi connectivity index (χ4v) is 3.11. The van der Waals surface area contributed by atoms with Crippen LogP contribution in [0.25, 0.3) is 0 Å². The van der Waals surface area contributed by atoms with Gasteiger partial charge in [0, 0.05) is 45.7 Å². The Morgan fingerprint density at radius 2 is 2.04 bits per heavy atom. The minimum atomic E-state index is -0.307. The number of rotatable bonds is 9. The van der Waals surface area contributed by atoms with Crippen LogP contribution in [-0.2, 0) is 16.1 Å². The molecule has 28 heavy (non-hydrogen) atoms. The number of ether oxygens (including phenoxy) is 1. The van der Waals surface area contributed by atoms with E-state index in [0.29, 0.717) is 18.2 Å². The molecule has 0 radical (unpaired) electrons. The monoisotopic (exact) mass is 385 g/mol. The normalized spacial score (nSPS) is 13.2. The van der Waals surface area contributed by atoms with Crippen LogP contribution in [0.5, 0.6) is 0 Å². The second-order valence-corrected chi connectivity index (χ2v) is 7.32. The van der Waals surface area contributed by atoms with Crippen LogP contribution in [0.2, 0.25) is 0 Å². The Balaban J connectivity index is 1.81. The highest BCUT2D eigenvalue weighted by Crippen LogP contribution is 2.31. The molecule has 1 aliphatic carbocycles. The molecule has 0 aliphatic heterocycles. The van der Waals surface area contributed by atoms with Crippen LogP contribution in [0, 0.1) is 5.92 Å². The van der Waals surface area contributed by atoms with Gasteiger partial charge in [0.15, 0.2) is 5.76 Å². The Kier molecular flexibility index (Phi) is 6.36. The molecule has 1 N–H and O–H groups in total. The number of amides is 2. The van der Waals surface area contributed by atoms with Gasteiger partial charge in [-0.1, -0.05) is 0 Å². The molecule has 7 nitrogen and oxygen atoms in total. The van der Waals surface area contributed by atoms with Gasteiger partial charge in [-0.2, -0.15) is 0 Å². The highest BCUT2D eigenvalue weighted by Gasteiger charge is 2.27. The highest BCUT2D eigenvalue weighted by molar-refractivity contribution is 6.02. The standard InChI is InChI=1S/C21H27N3O4/c1-23(2)18-9-8-17(22-21(26)19-5-4-10-28-19)11-16(18)13-24(12-15-6-7-15)20(25)14-27-3/h4-5,8-11,15H,6-7,12-14H2,1-3H3,(H,22,26). The number of furan rings is 1. The quantitative estimate of drug-likeness (QED) is 0.718. The third kappa shape index (κ3) is 5.13. The van der Waals surface area contributed by atoms with Gasteiger partial charge in [-0.15, -0.1) is 0 Å². The van der Waals surface area contributed by atoms with Crippen LogP contribution in [0.4, 0.5) is 11.4 Å². The van der Waals surface area contributed by atoms with E-state index in [0.717, 1.165) is 30.6 Å². The summed E-state index contributed by atoms with van der Waals surface area (Å²) in [7, 11) is 5.45. The third-order valence-electron chi connectivity index (χ3n) is 4.72. The summed E-state index contributed by atoms with van der Waals surface area (Å²) in [6, 6.07) is 9.00. The number of carbonyl (C=O) groups excluding carboxylic acids is 2. The smallest absolute Gasteiger partial charge is 0.291 e. The topological polar surface area (TPSA) is 75.0 Å². The van der Waals surface area contributed by atoms with Crippen LogP contribution >= 0.6 is 0 Å². The lowest BCUT2D eigenvalue weighted by atomic mass is 10.1. The zero-order valence-electron chi connectivity index (χ0n) is 16.6. The molecular weight excluding hydrogens is 358 g/mol. The number of methoxy groups -OCH3 is 1. The first-order valence-corrected chi connectivity index (χ1v) is 9.39. The van der Waals surface area contributed by atoms with Gasteiger partial charge in [-0.3, -0.25) is 9.59 Å². The number of hydrogen-bond donors (Lipinski definition) is 1. The Morgan fingerprint density at radius 1 is 1.25 bits per heavy atom. The summed E-state index contributed by atoms with van der Waals surface area (Å²) in [5.74, 6) is 0.497. The van der Waals surface area contributed by atoms with Gasteiger partial charge in [-0.05, 0) is 54.7 Å². The van der Waals surface area contributed by atoms with Crippen molar-refractivity contribution in [2.24, 2.45) is 5.92 Å². The second kappa shape index (κ2) is 8.93. The Hall–Kier alpha value is -2.80. The van der Waals surface area contributed by atoms with Crippen molar-refractivity contribution in [2.45, 2.75) is 19.4 Å². The molecular formula is C21H27N3O4. The molecule has 7 heteroatoms. The van der Waals surface area contributed by atoms with Crippen molar-refractivity contribution >= 4 is 23.2 Å². The molecule has 1 fully saturated rings. The SMILES string of the molecule is COCC(=O)N(Cc1cc(NC(=O)c2ccco2)ccc1N(C)C)CC1CC1. The van der Waals surface area contributed by atoms with Crippen molar-refractivity contribution in [1.82, 2.24) is 4.90 Å². The lowest BCUT2D eigenvalue weighted by molar-refractivity contribution is -0.136. The molecule has 0 unspecified atom stereocenters. The van der Waals surface area contributed by atoms with Crippen molar-refractivity contribution in [3.05, 3.63) is 47.9 Å². The molecule has 2 amide bonds. The van der Waals surface area contributed by atoms with Gasteiger partial charge in [0.1, 0.15) is 6.61 Å². The molecule has 1 aliphatic rings. The summed E-state index contributed by atoms with van der Waals surface area (Å²) in [6.45, 7) is 1.27. The summed E-state index contributed by atoms with van der Waals surface area (Å²) in [5.41, 5.74) is 2.63. The average Bonchev–Trinajstić information content (AvgIpc) is 3.30. The van der Waals surface area contributed by atoms with Gasteiger partial charge in [-0.25, -0.2) is 0 Å². The predicted octanol–water partition coefficient (Wildman–Crippen LogP) is 2.98. The van der Waals surface area contributed by atoms with Gasteiger partial charge < -0.3 is 24.3 Å². The molecule has 1 saturated carbocycles. The van der Waals surface area contributed by atoms with Crippen LogP contribution in [0.3, 0.4) is 0 Å². The molecule has 1 heterocycles. The predicted molar refractivity (Wildman–Crippen MR) is 107 cm³/mol. The van der Waals surface area contributed by atoms with Crippen molar-refractivity contribution in [1.29, 1.82) is 0 Å². The Bertz CT molecular complexity index is 813. The van der Waals surface area contributed by atoms with Crippen molar-refractivity contribution < 1.29 is 18.7 Å². The first-order valence-electron chi connectivity index (χ1n) is 9.39. The summed E-state index contributed by atoms with van der Waals surface area (Å²) in [5, 5.41) is 2.85. The zero-order chi connectivity index (χ0) is 20.1. The maximum atomic E-state index is 12.5. The van der Waals surface area contributed by atoms with Crippen LogP contribution in [0.1, 0.15) is 29.0 Å². The van der Waals surface area contributed by atoms with E-state index >= 15 is 0 Å². The molecule has 0 spiro atoms. The molecule has 3 rings (SSSR count). The third-order valence-corrected chi connectivity index (χ3v) is 4.72. The van der Waals surface area contributed by atoms with Gasteiger partial charge >= 0.3 is 0 Å². The van der Waals surface area contributed by atoms with Gasteiger partial charge in [0.2, 0.25) is 5.91 Å². The Morgan fingerprint density at radius 3 is 2.64 bits per heavy atom. The summed E-state index contributed by atoms with van der Waals surface area (Å²) in [6.07, 6.45) is 3.79. The highest BCUT2D eigenvalue weighted by atomic mass is 16.5. The van der Waals surface area contributed by atoms with Crippen molar-refractivity contribution in [3.63, 3.8) is 0 Å². The van der Waals surface area contributed by atoms with Crippen LogP contribution in [-0.4, -0.2) is 51.1 Å². The molecule has 1 aromatic heterocycles. The Labute approximate surface area is 165 Å².